The van der Waals surface area contributed by atoms with E-state index in [2.05, 4.69) is 9.97 Å². The zero-order valence-corrected chi connectivity index (χ0v) is 19.4. The number of benzene rings is 2. The minimum absolute atomic E-state index is 0.0298. The van der Waals surface area contributed by atoms with Crippen LogP contribution in [0.25, 0.3) is 16.6 Å². The molecule has 0 amide bonds. The number of esters is 1. The fourth-order valence-electron chi connectivity index (χ4n) is 3.15. The molecule has 0 atom stereocenters. The Hall–Kier alpha value is -3.39. The van der Waals surface area contributed by atoms with Gasteiger partial charge in [-0.2, -0.15) is 9.57 Å². The fraction of sp³-hybridized carbons (Fsp3) is 0.227. The second kappa shape index (κ2) is 10.0. The van der Waals surface area contributed by atoms with E-state index in [9.17, 15) is 23.6 Å². The summed E-state index contributed by atoms with van der Waals surface area (Å²) in [5.41, 5.74) is 1.03. The number of sulfonamides is 1. The van der Waals surface area contributed by atoms with Crippen molar-refractivity contribution in [3.05, 3.63) is 64.6 Å². The molecule has 1 heterocycles. The second-order valence-electron chi connectivity index (χ2n) is 6.85. The van der Waals surface area contributed by atoms with Gasteiger partial charge in [-0.1, -0.05) is 37.6 Å². The van der Waals surface area contributed by atoms with Crippen molar-refractivity contribution in [2.45, 2.75) is 18.7 Å². The highest BCUT2D eigenvalue weighted by Gasteiger charge is 2.26. The molecular formula is C22H21ClN4O5S. The first kappa shape index (κ1) is 24.3. The van der Waals surface area contributed by atoms with E-state index in [0.717, 1.165) is 6.07 Å². The Balaban J connectivity index is 1.83. The largest absolute Gasteiger partial charge is 0.507 e. The minimum Gasteiger partial charge on any atom is -0.507 e. The first-order chi connectivity index (χ1) is 15.7. The Morgan fingerprint density at radius 1 is 1.24 bits per heavy atom. The highest BCUT2D eigenvalue weighted by atomic mass is 35.5. The zero-order chi connectivity index (χ0) is 24.2. The van der Waals surface area contributed by atoms with Crippen molar-refractivity contribution in [1.29, 1.82) is 5.26 Å². The molecule has 0 saturated heterocycles. The number of carbonyl (C=O) groups is 1. The molecule has 0 aliphatic heterocycles. The van der Waals surface area contributed by atoms with E-state index < -0.39 is 28.4 Å². The maximum absolute atomic E-state index is 12.8. The van der Waals surface area contributed by atoms with Gasteiger partial charge < -0.3 is 14.8 Å². The highest BCUT2D eigenvalue weighted by Crippen LogP contribution is 2.26. The fourth-order valence-corrected chi connectivity index (χ4v) is 5.10. The third-order valence-electron chi connectivity index (χ3n) is 4.86. The highest BCUT2D eigenvalue weighted by molar-refractivity contribution is 7.89. The van der Waals surface area contributed by atoms with E-state index in [1.807, 2.05) is 6.07 Å². The Morgan fingerprint density at radius 2 is 1.94 bits per heavy atom. The van der Waals surface area contributed by atoms with Crippen LogP contribution in [-0.2, 0) is 14.8 Å². The molecule has 0 bridgehead atoms. The normalized spacial score (nSPS) is 12.5. The zero-order valence-electron chi connectivity index (χ0n) is 17.9. The summed E-state index contributed by atoms with van der Waals surface area (Å²) in [5, 5.41) is 19.8. The van der Waals surface area contributed by atoms with Crippen molar-refractivity contribution in [1.82, 2.24) is 14.3 Å². The van der Waals surface area contributed by atoms with Gasteiger partial charge in [-0.25, -0.2) is 18.2 Å². The molecular weight excluding hydrogens is 468 g/mol. The van der Waals surface area contributed by atoms with Gasteiger partial charge in [0.05, 0.1) is 21.6 Å². The van der Waals surface area contributed by atoms with Gasteiger partial charge in [0.1, 0.15) is 23.1 Å². The lowest BCUT2D eigenvalue weighted by molar-refractivity contribution is 0.0502. The van der Waals surface area contributed by atoms with Gasteiger partial charge in [-0.3, -0.25) is 0 Å². The average Bonchev–Trinajstić information content (AvgIpc) is 3.22. The predicted octanol–water partition coefficient (Wildman–Crippen LogP) is 3.90. The topological polar surface area (TPSA) is 136 Å². The molecule has 0 spiro atoms. The Morgan fingerprint density at radius 3 is 2.58 bits per heavy atom. The first-order valence-corrected chi connectivity index (χ1v) is 11.8. The Labute approximate surface area is 195 Å². The van der Waals surface area contributed by atoms with E-state index in [-0.39, 0.29) is 40.0 Å². The molecule has 9 nitrogen and oxygen atoms in total. The molecule has 0 aliphatic rings. The number of halogens is 1. The number of H-pyrrole nitrogens is 1. The molecule has 0 saturated carbocycles. The Bertz CT molecular complexity index is 1340. The number of aromatic nitrogens is 2. The smallest absolute Gasteiger partial charge is 0.338 e. The number of hydrogen-bond acceptors (Lipinski definition) is 7. The summed E-state index contributed by atoms with van der Waals surface area (Å²) in [4.78, 5) is 19.5. The van der Waals surface area contributed by atoms with Gasteiger partial charge in [-0.05, 0) is 30.3 Å². The molecule has 11 heteroatoms. The first-order valence-electron chi connectivity index (χ1n) is 9.97. The van der Waals surface area contributed by atoms with Crippen molar-refractivity contribution in [3.63, 3.8) is 0 Å². The number of nitrogens with one attached hydrogen (secondary N) is 1. The van der Waals surface area contributed by atoms with Crippen molar-refractivity contribution < 1.29 is 23.1 Å². The summed E-state index contributed by atoms with van der Waals surface area (Å²) in [5.74, 6) is -1.27. The van der Waals surface area contributed by atoms with E-state index in [1.54, 1.807) is 38.1 Å². The van der Waals surface area contributed by atoms with E-state index in [4.69, 9.17) is 16.3 Å². The van der Waals surface area contributed by atoms with E-state index >= 15 is 0 Å². The second-order valence-corrected chi connectivity index (χ2v) is 9.16. The van der Waals surface area contributed by atoms with Crippen LogP contribution in [0.2, 0.25) is 5.02 Å². The van der Waals surface area contributed by atoms with Crippen LogP contribution in [0.4, 0.5) is 0 Å². The maximum atomic E-state index is 12.8. The van der Waals surface area contributed by atoms with Gasteiger partial charge in [-0.15, -0.1) is 0 Å². The molecule has 0 fully saturated rings. The lowest BCUT2D eigenvalue weighted by Crippen LogP contribution is -2.31. The number of fused-ring (bicyclic) bond motifs is 1. The van der Waals surface area contributed by atoms with Crippen molar-refractivity contribution in [2.75, 3.05) is 19.7 Å². The summed E-state index contributed by atoms with van der Waals surface area (Å²) in [6.45, 7) is 3.25. The summed E-state index contributed by atoms with van der Waals surface area (Å²) >= 11 is 6.08. The summed E-state index contributed by atoms with van der Waals surface area (Å²) in [6, 6.07) is 12.7. The Kier molecular flexibility index (Phi) is 7.38. The third kappa shape index (κ3) is 5.01. The number of carbonyl (C=O) groups excluding carboxylic acids is 1. The number of ether oxygens (including phenoxy) is 1. The van der Waals surface area contributed by atoms with Crippen LogP contribution < -0.4 is 0 Å². The number of rotatable bonds is 8. The van der Waals surface area contributed by atoms with Gasteiger partial charge in [0.2, 0.25) is 10.0 Å². The van der Waals surface area contributed by atoms with Gasteiger partial charge >= 0.3 is 5.97 Å². The van der Waals surface area contributed by atoms with Crippen LogP contribution in [0, 0.1) is 11.3 Å². The number of imidazole rings is 1. The number of allylic oxidation sites excluding steroid dienone is 1. The molecule has 33 heavy (non-hydrogen) atoms. The number of aliphatic hydroxyl groups excluding tert-OH is 1. The molecule has 3 rings (SSSR count). The predicted molar refractivity (Wildman–Crippen MR) is 123 cm³/mol. The lowest BCUT2D eigenvalue weighted by Gasteiger charge is -2.19. The molecule has 0 radical (unpaired) electrons. The number of aliphatic hydroxyl groups is 1. The quantitative estimate of drug-likeness (QED) is 0.278. The average molecular weight is 489 g/mol. The minimum atomic E-state index is -3.91. The summed E-state index contributed by atoms with van der Waals surface area (Å²) in [7, 11) is -3.91. The SMILES string of the molecule is CCN(CC)S(=O)(=O)c1cc(C(=O)OCC(O)=C(C#N)c2nc3ccccc3[nH]2)ccc1Cl. The van der Waals surface area contributed by atoms with Gasteiger partial charge in [0.15, 0.2) is 11.6 Å². The van der Waals surface area contributed by atoms with E-state index in [1.165, 1.54) is 16.4 Å². The van der Waals surface area contributed by atoms with Crippen LogP contribution in [0.15, 0.2) is 53.1 Å². The van der Waals surface area contributed by atoms with Crippen LogP contribution in [0.5, 0.6) is 0 Å². The molecule has 2 aromatic carbocycles. The molecule has 3 aromatic rings. The molecule has 1 aromatic heterocycles. The van der Waals surface area contributed by atoms with Crippen molar-refractivity contribution in [2.24, 2.45) is 0 Å². The summed E-state index contributed by atoms with van der Waals surface area (Å²) < 4.78 is 31.9. The summed E-state index contributed by atoms with van der Waals surface area (Å²) in [6.07, 6.45) is 0. The maximum Gasteiger partial charge on any atom is 0.338 e. The standard InChI is InChI=1S/C22H21ClN4O5S/c1-3-27(4-2)33(30,31)20-11-14(9-10-16(20)23)22(29)32-13-19(28)15(12-24)21-25-17-7-5-6-8-18(17)26-21/h5-11,28H,3-4,13H2,1-2H3,(H,25,26). The number of nitrogens with zero attached hydrogens (tertiary/aromatic N) is 3. The number of nitriles is 1. The van der Waals surface area contributed by atoms with Crippen LogP contribution >= 0.6 is 11.6 Å². The number of para-hydroxylation sites is 2. The van der Waals surface area contributed by atoms with Crippen LogP contribution in [0.3, 0.4) is 0 Å². The molecule has 0 aliphatic carbocycles. The van der Waals surface area contributed by atoms with Gasteiger partial charge in [0, 0.05) is 13.1 Å². The monoisotopic (exact) mass is 488 g/mol. The molecule has 0 unspecified atom stereocenters. The number of hydrogen-bond donors (Lipinski definition) is 2. The van der Waals surface area contributed by atoms with Crippen LogP contribution in [-0.4, -0.2) is 53.5 Å². The lowest BCUT2D eigenvalue weighted by atomic mass is 10.2. The van der Waals surface area contributed by atoms with Crippen molar-refractivity contribution >= 4 is 44.2 Å². The molecule has 2 N–H and O–H groups in total. The van der Waals surface area contributed by atoms with Gasteiger partial charge in [0.25, 0.3) is 0 Å². The van der Waals surface area contributed by atoms with Crippen molar-refractivity contribution in [3.8, 4) is 6.07 Å². The third-order valence-corrected chi connectivity index (χ3v) is 7.39. The van der Waals surface area contributed by atoms with E-state index in [0.29, 0.717) is 11.0 Å². The number of aromatic amines is 1. The van der Waals surface area contributed by atoms with Crippen LogP contribution in [0.1, 0.15) is 30.0 Å². The molecule has 172 valence electrons.